The van der Waals surface area contributed by atoms with Crippen molar-refractivity contribution in [2.24, 2.45) is 0 Å². The Balaban J connectivity index is 1.39. The quantitative estimate of drug-likeness (QED) is 0.414. The monoisotopic (exact) mass is 489 g/mol. The predicted octanol–water partition coefficient (Wildman–Crippen LogP) is 4.81. The van der Waals surface area contributed by atoms with Crippen molar-refractivity contribution in [2.45, 2.75) is 19.8 Å². The zero-order valence-electron chi connectivity index (χ0n) is 21.0. The van der Waals surface area contributed by atoms with Crippen molar-refractivity contribution < 1.29 is 19.0 Å². The van der Waals surface area contributed by atoms with Crippen LogP contribution in [0.15, 0.2) is 48.5 Å². The van der Waals surface area contributed by atoms with Gasteiger partial charge < -0.3 is 29.7 Å². The van der Waals surface area contributed by atoms with Gasteiger partial charge in [0.1, 0.15) is 5.82 Å². The second-order valence-corrected chi connectivity index (χ2v) is 8.37. The normalized spacial score (nSPS) is 13.1. The molecule has 0 aliphatic carbocycles. The molecule has 1 aliphatic rings. The smallest absolute Gasteiger partial charge is 0.248 e. The van der Waals surface area contributed by atoms with Crippen LogP contribution in [0.3, 0.4) is 0 Å². The number of aryl methyl sites for hydroxylation is 1. The van der Waals surface area contributed by atoms with Gasteiger partial charge in [0.25, 0.3) is 0 Å². The van der Waals surface area contributed by atoms with Crippen LogP contribution >= 0.6 is 0 Å². The fraction of sp³-hybridized carbons (Fsp3) is 0.296. The molecular weight excluding hydrogens is 458 g/mol. The first-order chi connectivity index (χ1) is 17.5. The summed E-state index contributed by atoms with van der Waals surface area (Å²) in [5, 5.41) is 6.19. The zero-order chi connectivity index (χ0) is 25.5. The van der Waals surface area contributed by atoms with Gasteiger partial charge in [-0.2, -0.15) is 4.98 Å². The fourth-order valence-electron chi connectivity index (χ4n) is 4.01. The van der Waals surface area contributed by atoms with Crippen LogP contribution < -0.4 is 29.7 Å². The summed E-state index contributed by atoms with van der Waals surface area (Å²) in [5.41, 5.74) is 3.20. The highest BCUT2D eigenvalue weighted by molar-refractivity contribution is 6.02. The van der Waals surface area contributed by atoms with Crippen LogP contribution in [0.25, 0.3) is 6.08 Å². The number of nitrogens with one attached hydrogen (secondary N) is 2. The third-order valence-corrected chi connectivity index (χ3v) is 5.77. The first-order valence-electron chi connectivity index (χ1n) is 11.8. The maximum atomic E-state index is 12.5. The van der Waals surface area contributed by atoms with Crippen LogP contribution in [0.1, 0.15) is 24.1 Å². The Morgan fingerprint density at radius 2 is 1.56 bits per heavy atom. The van der Waals surface area contributed by atoms with Crippen molar-refractivity contribution in [3.05, 3.63) is 59.8 Å². The van der Waals surface area contributed by atoms with Gasteiger partial charge in [-0.3, -0.25) is 4.79 Å². The summed E-state index contributed by atoms with van der Waals surface area (Å²) in [6, 6.07) is 12.9. The first kappa shape index (κ1) is 24.8. The van der Waals surface area contributed by atoms with E-state index in [1.165, 1.54) is 18.9 Å². The lowest BCUT2D eigenvalue weighted by Gasteiger charge is -2.17. The maximum Gasteiger partial charge on any atom is 0.248 e. The van der Waals surface area contributed by atoms with Crippen molar-refractivity contribution >= 4 is 35.1 Å². The Morgan fingerprint density at radius 1 is 0.917 bits per heavy atom. The molecule has 2 heterocycles. The van der Waals surface area contributed by atoms with Crippen LogP contribution in [0.2, 0.25) is 0 Å². The molecular formula is C27H31N5O4. The average Bonchev–Trinajstić information content (AvgIpc) is 3.43. The Bertz CT molecular complexity index is 1210. The molecule has 1 aromatic heterocycles. The summed E-state index contributed by atoms with van der Waals surface area (Å²) >= 11 is 0. The Kier molecular flexibility index (Phi) is 7.89. The lowest BCUT2D eigenvalue weighted by atomic mass is 10.1. The second kappa shape index (κ2) is 11.4. The molecule has 1 aliphatic heterocycles. The van der Waals surface area contributed by atoms with Gasteiger partial charge in [-0.15, -0.1) is 0 Å². The number of nitrogens with zero attached hydrogens (tertiary/aromatic N) is 3. The van der Waals surface area contributed by atoms with E-state index >= 15 is 0 Å². The Morgan fingerprint density at radius 3 is 2.17 bits per heavy atom. The lowest BCUT2D eigenvalue weighted by molar-refractivity contribution is -0.111. The van der Waals surface area contributed by atoms with Crippen molar-refractivity contribution in [1.29, 1.82) is 0 Å². The van der Waals surface area contributed by atoms with Crippen molar-refractivity contribution in [2.75, 3.05) is 50.0 Å². The molecule has 9 heteroatoms. The highest BCUT2D eigenvalue weighted by Gasteiger charge is 2.16. The first-order valence-corrected chi connectivity index (χ1v) is 11.8. The molecule has 4 rings (SSSR count). The number of carbonyl (C=O) groups is 1. The van der Waals surface area contributed by atoms with E-state index in [1.807, 2.05) is 37.3 Å². The average molecular weight is 490 g/mol. The van der Waals surface area contributed by atoms with Crippen LogP contribution in [0.4, 0.5) is 23.1 Å². The molecule has 0 saturated carbocycles. The molecule has 2 N–H and O–H groups in total. The Labute approximate surface area is 211 Å². The van der Waals surface area contributed by atoms with Gasteiger partial charge in [0.15, 0.2) is 11.5 Å². The van der Waals surface area contributed by atoms with E-state index in [4.69, 9.17) is 14.2 Å². The number of hydrogen-bond acceptors (Lipinski definition) is 8. The lowest BCUT2D eigenvalue weighted by Crippen LogP contribution is -2.21. The largest absolute Gasteiger partial charge is 0.493 e. The molecule has 0 atom stereocenters. The molecule has 1 saturated heterocycles. The van der Waals surface area contributed by atoms with Crippen LogP contribution in [0, 0.1) is 6.92 Å². The van der Waals surface area contributed by atoms with E-state index < -0.39 is 0 Å². The molecule has 3 aromatic rings. The number of amides is 1. The summed E-state index contributed by atoms with van der Waals surface area (Å²) in [5.74, 6) is 2.79. The number of carbonyl (C=O) groups excluding carboxylic acids is 1. The third-order valence-electron chi connectivity index (χ3n) is 5.77. The molecule has 188 valence electrons. The predicted molar refractivity (Wildman–Crippen MR) is 142 cm³/mol. The number of benzene rings is 2. The topological polar surface area (TPSA) is 97.8 Å². The summed E-state index contributed by atoms with van der Waals surface area (Å²) in [4.78, 5) is 23.9. The molecule has 1 fully saturated rings. The molecule has 0 radical (unpaired) electrons. The minimum atomic E-state index is -0.258. The zero-order valence-corrected chi connectivity index (χ0v) is 21.0. The molecule has 0 bridgehead atoms. The third kappa shape index (κ3) is 6.04. The van der Waals surface area contributed by atoms with E-state index in [9.17, 15) is 4.79 Å². The molecule has 1 amide bonds. The van der Waals surface area contributed by atoms with Gasteiger partial charge in [-0.25, -0.2) is 4.98 Å². The van der Waals surface area contributed by atoms with Crippen LogP contribution in [-0.4, -0.2) is 50.3 Å². The SMILES string of the molecule is COc1cc(/C=C/C(=O)Nc2ccc(Nc3cc(C)nc(N4CCCC4)n3)cc2)cc(OC)c1OC. The summed E-state index contributed by atoms with van der Waals surface area (Å²) in [6.45, 7) is 3.95. The molecule has 2 aromatic carbocycles. The van der Waals surface area contributed by atoms with Crippen molar-refractivity contribution in [3.8, 4) is 17.2 Å². The van der Waals surface area contributed by atoms with Crippen molar-refractivity contribution in [1.82, 2.24) is 9.97 Å². The van der Waals surface area contributed by atoms with Gasteiger partial charge >= 0.3 is 0 Å². The number of rotatable bonds is 9. The minimum absolute atomic E-state index is 0.258. The summed E-state index contributed by atoms with van der Waals surface area (Å²) < 4.78 is 16.0. The highest BCUT2D eigenvalue weighted by atomic mass is 16.5. The van der Waals surface area contributed by atoms with Crippen LogP contribution in [0.5, 0.6) is 17.2 Å². The molecule has 0 spiro atoms. The summed E-state index contributed by atoms with van der Waals surface area (Å²) in [6.07, 6.45) is 5.48. The van der Waals surface area contributed by atoms with Gasteiger partial charge in [-0.1, -0.05) is 0 Å². The van der Waals surface area contributed by atoms with Gasteiger partial charge in [-0.05, 0) is 67.8 Å². The molecule has 9 nitrogen and oxygen atoms in total. The number of aromatic nitrogens is 2. The standard InChI is InChI=1S/C27H31N5O4/c1-18-15-24(31-27(28-18)32-13-5-6-14-32)29-20-8-10-21(11-9-20)30-25(33)12-7-19-16-22(34-2)26(36-4)23(17-19)35-3/h7-12,15-17H,5-6,13-14H2,1-4H3,(H,30,33)(H,28,29,31)/b12-7+. The number of hydrogen-bond donors (Lipinski definition) is 2. The maximum absolute atomic E-state index is 12.5. The molecule has 0 unspecified atom stereocenters. The van der Waals surface area contributed by atoms with E-state index in [0.29, 0.717) is 22.9 Å². The molecule has 36 heavy (non-hydrogen) atoms. The van der Waals surface area contributed by atoms with Crippen molar-refractivity contribution in [3.63, 3.8) is 0 Å². The minimum Gasteiger partial charge on any atom is -0.493 e. The van der Waals surface area contributed by atoms with E-state index in [-0.39, 0.29) is 5.91 Å². The van der Waals surface area contributed by atoms with E-state index in [0.717, 1.165) is 41.8 Å². The van der Waals surface area contributed by atoms with Gasteiger partial charge in [0.2, 0.25) is 17.6 Å². The van der Waals surface area contributed by atoms with Gasteiger partial charge in [0, 0.05) is 42.3 Å². The number of ether oxygens (including phenoxy) is 3. The van der Waals surface area contributed by atoms with Crippen LogP contribution in [-0.2, 0) is 4.79 Å². The van der Waals surface area contributed by atoms with E-state index in [1.54, 1.807) is 39.5 Å². The van der Waals surface area contributed by atoms with E-state index in [2.05, 4.69) is 25.5 Å². The Hall–Kier alpha value is -4.27. The second-order valence-electron chi connectivity index (χ2n) is 8.37. The van der Waals surface area contributed by atoms with Gasteiger partial charge in [0.05, 0.1) is 21.3 Å². The highest BCUT2D eigenvalue weighted by Crippen LogP contribution is 2.38. The number of methoxy groups -OCH3 is 3. The summed E-state index contributed by atoms with van der Waals surface area (Å²) in [7, 11) is 4.65. The fourth-order valence-corrected chi connectivity index (χ4v) is 4.01. The number of anilines is 4.